The number of benzene rings is 1. The predicted molar refractivity (Wildman–Crippen MR) is 104 cm³/mol. The molecule has 0 aromatic heterocycles. The first-order chi connectivity index (χ1) is 13.9. The highest BCUT2D eigenvalue weighted by Gasteiger charge is 2.29. The van der Waals surface area contributed by atoms with E-state index in [4.69, 9.17) is 14.2 Å². The number of sulfonamides is 1. The normalized spacial score (nSPS) is 17.8. The minimum absolute atomic E-state index is 0.0150. The van der Waals surface area contributed by atoms with Crippen LogP contribution in [0.1, 0.15) is 18.4 Å². The van der Waals surface area contributed by atoms with Crippen LogP contribution in [0.3, 0.4) is 0 Å². The van der Waals surface area contributed by atoms with E-state index in [1.165, 1.54) is 29.6 Å². The number of morpholine rings is 1. The lowest BCUT2D eigenvalue weighted by Crippen LogP contribution is -2.40. The molecule has 1 aromatic rings. The van der Waals surface area contributed by atoms with Gasteiger partial charge in [-0.3, -0.25) is 4.79 Å². The van der Waals surface area contributed by atoms with E-state index in [9.17, 15) is 18.0 Å². The van der Waals surface area contributed by atoms with Gasteiger partial charge in [-0.05, 0) is 36.6 Å². The summed E-state index contributed by atoms with van der Waals surface area (Å²) in [5, 5.41) is 2.72. The Balaban J connectivity index is 1.68. The van der Waals surface area contributed by atoms with E-state index < -0.39 is 16.0 Å². The van der Waals surface area contributed by atoms with Crippen molar-refractivity contribution in [3.63, 3.8) is 0 Å². The molecular weight excluding hydrogens is 400 g/mol. The van der Waals surface area contributed by atoms with Gasteiger partial charge >= 0.3 is 5.97 Å². The minimum atomic E-state index is -3.77. The van der Waals surface area contributed by atoms with Crippen molar-refractivity contribution in [1.82, 2.24) is 9.62 Å². The Morgan fingerprint density at radius 2 is 2.00 bits per heavy atom. The van der Waals surface area contributed by atoms with Gasteiger partial charge in [-0.2, -0.15) is 4.31 Å². The van der Waals surface area contributed by atoms with E-state index in [0.717, 1.165) is 18.9 Å². The number of rotatable bonds is 8. The lowest BCUT2D eigenvalue weighted by molar-refractivity contribution is -0.143. The van der Waals surface area contributed by atoms with Crippen LogP contribution in [-0.4, -0.2) is 70.7 Å². The maximum absolute atomic E-state index is 13.0. The highest BCUT2D eigenvalue weighted by atomic mass is 32.2. The average molecular weight is 424 g/mol. The van der Waals surface area contributed by atoms with Crippen LogP contribution in [0, 0.1) is 0 Å². The predicted octanol–water partition coefficient (Wildman–Crippen LogP) is 0.551. The second-order valence-corrected chi connectivity index (χ2v) is 8.62. The van der Waals surface area contributed by atoms with Crippen LogP contribution in [0.2, 0.25) is 0 Å². The largest absolute Gasteiger partial charge is 0.495 e. The third-order valence-corrected chi connectivity index (χ3v) is 6.40. The number of carbonyl (C=O) groups excluding carboxylic acids is 2. The van der Waals surface area contributed by atoms with Crippen molar-refractivity contribution in [2.75, 3.05) is 40.0 Å². The van der Waals surface area contributed by atoms with Crippen LogP contribution in [0.15, 0.2) is 29.2 Å². The van der Waals surface area contributed by atoms with E-state index in [2.05, 4.69) is 5.32 Å². The summed E-state index contributed by atoms with van der Waals surface area (Å²) in [6, 6.07) is 4.79. The van der Waals surface area contributed by atoms with Crippen molar-refractivity contribution < 1.29 is 32.2 Å². The summed E-state index contributed by atoms with van der Waals surface area (Å²) >= 11 is 0. The second-order valence-electron chi connectivity index (χ2n) is 6.71. The van der Waals surface area contributed by atoms with Crippen LogP contribution in [0.4, 0.5) is 0 Å². The van der Waals surface area contributed by atoms with Gasteiger partial charge < -0.3 is 19.5 Å². The third-order valence-electron chi connectivity index (χ3n) is 4.48. The summed E-state index contributed by atoms with van der Waals surface area (Å²) in [5.41, 5.74) is 0.483. The molecule has 0 radical (unpaired) electrons. The summed E-state index contributed by atoms with van der Waals surface area (Å²) in [7, 11) is -2.37. The summed E-state index contributed by atoms with van der Waals surface area (Å²) in [5.74, 6) is -0.810. The number of nitrogens with zero attached hydrogens (tertiary/aromatic N) is 1. The molecule has 0 spiro atoms. The fraction of sp³-hybridized carbons (Fsp3) is 0.474. The van der Waals surface area contributed by atoms with Gasteiger partial charge in [0, 0.05) is 25.2 Å². The van der Waals surface area contributed by atoms with Crippen LogP contribution in [0.25, 0.3) is 6.08 Å². The van der Waals surface area contributed by atoms with E-state index in [-0.39, 0.29) is 42.3 Å². The van der Waals surface area contributed by atoms with Gasteiger partial charge in [-0.1, -0.05) is 6.07 Å². The van der Waals surface area contributed by atoms with Crippen molar-refractivity contribution in [2.24, 2.45) is 0 Å². The number of esters is 1. The minimum Gasteiger partial charge on any atom is -0.495 e. The monoisotopic (exact) mass is 424 g/mol. The maximum Gasteiger partial charge on any atom is 0.331 e. The molecule has 10 heteroatoms. The molecule has 0 bridgehead atoms. The lowest BCUT2D eigenvalue weighted by atomic mass is 10.2. The quantitative estimate of drug-likeness (QED) is 0.479. The van der Waals surface area contributed by atoms with Crippen molar-refractivity contribution in [3.05, 3.63) is 29.8 Å². The zero-order valence-corrected chi connectivity index (χ0v) is 16.9. The van der Waals surface area contributed by atoms with Gasteiger partial charge in [0.1, 0.15) is 10.6 Å². The first-order valence-corrected chi connectivity index (χ1v) is 10.7. The second kappa shape index (κ2) is 9.38. The van der Waals surface area contributed by atoms with Crippen molar-refractivity contribution in [2.45, 2.75) is 23.8 Å². The Labute approximate surface area is 169 Å². The molecule has 1 saturated carbocycles. The van der Waals surface area contributed by atoms with Gasteiger partial charge in [-0.25, -0.2) is 13.2 Å². The van der Waals surface area contributed by atoms with Crippen molar-refractivity contribution >= 4 is 28.0 Å². The fourth-order valence-corrected chi connectivity index (χ4v) is 4.37. The van der Waals surface area contributed by atoms with E-state index in [1.54, 1.807) is 6.07 Å². The highest BCUT2D eigenvalue weighted by Crippen LogP contribution is 2.28. The molecular formula is C19H24N2O7S. The first-order valence-electron chi connectivity index (χ1n) is 9.30. The summed E-state index contributed by atoms with van der Waals surface area (Å²) in [6.45, 7) is 0.850. The number of carbonyl (C=O) groups is 2. The van der Waals surface area contributed by atoms with Crippen molar-refractivity contribution in [3.8, 4) is 5.75 Å². The summed E-state index contributed by atoms with van der Waals surface area (Å²) < 4.78 is 42.6. The third kappa shape index (κ3) is 5.78. The molecule has 1 aliphatic heterocycles. The Kier molecular flexibility index (Phi) is 6.88. The first kappa shape index (κ1) is 21.3. The number of hydrogen-bond donors (Lipinski definition) is 1. The molecule has 158 valence electrons. The van der Waals surface area contributed by atoms with Gasteiger partial charge in [0.05, 0.1) is 20.3 Å². The average Bonchev–Trinajstić information content (AvgIpc) is 3.55. The van der Waals surface area contributed by atoms with Crippen LogP contribution >= 0.6 is 0 Å². The molecule has 1 aliphatic carbocycles. The summed E-state index contributed by atoms with van der Waals surface area (Å²) in [6.07, 6.45) is 4.48. The topological polar surface area (TPSA) is 111 Å². The van der Waals surface area contributed by atoms with Crippen LogP contribution in [0.5, 0.6) is 5.75 Å². The van der Waals surface area contributed by atoms with E-state index >= 15 is 0 Å². The van der Waals surface area contributed by atoms with Crippen LogP contribution in [-0.2, 0) is 29.1 Å². The molecule has 1 heterocycles. The lowest BCUT2D eigenvalue weighted by Gasteiger charge is -2.26. The summed E-state index contributed by atoms with van der Waals surface area (Å²) in [4.78, 5) is 23.4. The SMILES string of the molecule is COc1ccc(C=CC(=O)OCC(=O)NC2CC2)cc1S(=O)(=O)N1CCOCC1. The molecule has 29 heavy (non-hydrogen) atoms. The van der Waals surface area contributed by atoms with Gasteiger partial charge in [0.25, 0.3) is 5.91 Å². The van der Waals surface area contributed by atoms with Gasteiger partial charge in [0.15, 0.2) is 6.61 Å². The molecule has 1 aromatic carbocycles. The maximum atomic E-state index is 13.0. The smallest absolute Gasteiger partial charge is 0.331 e. The van der Waals surface area contributed by atoms with E-state index in [1.807, 2.05) is 0 Å². The zero-order valence-electron chi connectivity index (χ0n) is 16.1. The fourth-order valence-electron chi connectivity index (χ4n) is 2.77. The Hall–Kier alpha value is -2.43. The Bertz CT molecular complexity index is 888. The number of ether oxygens (including phenoxy) is 3. The molecule has 0 unspecified atom stereocenters. The molecule has 1 N–H and O–H groups in total. The number of nitrogens with one attached hydrogen (secondary N) is 1. The standard InChI is InChI=1S/C19H24N2O7S/c1-26-16-6-2-14(3-7-19(23)28-13-18(22)20-15-4-5-15)12-17(16)29(24,25)21-8-10-27-11-9-21/h2-3,6-7,12,15H,4-5,8-11,13H2,1H3,(H,20,22). The molecule has 3 rings (SSSR count). The number of amides is 1. The van der Waals surface area contributed by atoms with Gasteiger partial charge in [0.2, 0.25) is 10.0 Å². The molecule has 0 atom stereocenters. The molecule has 1 amide bonds. The Morgan fingerprint density at radius 1 is 1.28 bits per heavy atom. The van der Waals surface area contributed by atoms with Crippen LogP contribution < -0.4 is 10.1 Å². The molecule has 1 saturated heterocycles. The van der Waals surface area contributed by atoms with Gasteiger partial charge in [-0.15, -0.1) is 0 Å². The zero-order chi connectivity index (χ0) is 20.9. The highest BCUT2D eigenvalue weighted by molar-refractivity contribution is 7.89. The molecule has 9 nitrogen and oxygen atoms in total. The van der Waals surface area contributed by atoms with E-state index in [0.29, 0.717) is 18.8 Å². The number of methoxy groups -OCH3 is 1. The van der Waals surface area contributed by atoms with Crippen molar-refractivity contribution in [1.29, 1.82) is 0 Å². The molecule has 2 aliphatic rings. The number of hydrogen-bond acceptors (Lipinski definition) is 7. The Morgan fingerprint density at radius 3 is 2.66 bits per heavy atom. The molecule has 2 fully saturated rings.